The number of aryl methyl sites for hydroxylation is 4. The van der Waals surface area contributed by atoms with Gasteiger partial charge >= 0.3 is 30.2 Å². The van der Waals surface area contributed by atoms with Crippen molar-refractivity contribution < 1.29 is 32.2 Å². The summed E-state index contributed by atoms with van der Waals surface area (Å²) in [5.41, 5.74) is 13.2. The maximum atomic E-state index is 5.83. The second-order valence-electron chi connectivity index (χ2n) is 12.8. The zero-order valence-electron chi connectivity index (χ0n) is 32.6. The molecule has 8 rings (SSSR count). The van der Waals surface area contributed by atoms with Crippen molar-refractivity contribution in [3.05, 3.63) is 170 Å². The summed E-state index contributed by atoms with van der Waals surface area (Å²) in [6.45, 7) is 15.9. The predicted octanol–water partition coefficient (Wildman–Crippen LogP) is 14.7. The summed E-state index contributed by atoms with van der Waals surface area (Å²) < 4.78 is 11.7. The van der Waals surface area contributed by atoms with Crippen LogP contribution in [0.25, 0.3) is 66.4 Å². The third-order valence-electron chi connectivity index (χ3n) is 9.56. The molecule has 2 nitrogen and oxygen atoms in total. The Morgan fingerprint density at radius 1 is 0.519 bits per heavy atom. The fourth-order valence-corrected chi connectivity index (χ4v) is 7.33. The quantitative estimate of drug-likeness (QED) is 0.123. The minimum atomic E-state index is 0. The number of benzene rings is 4. The zero-order valence-corrected chi connectivity index (χ0v) is 37.7. The molecule has 0 N–H and O–H groups in total. The number of hydrogen-bond donors (Lipinski definition) is 0. The molecule has 0 saturated heterocycles. The molecule has 2 aromatic heterocycles. The summed E-state index contributed by atoms with van der Waals surface area (Å²) >= 11 is 1.36. The normalized spacial score (nSPS) is 10.1. The van der Waals surface area contributed by atoms with Crippen LogP contribution in [0.5, 0.6) is 0 Å². The summed E-state index contributed by atoms with van der Waals surface area (Å²) in [5.74, 6) is 3.78. The predicted molar refractivity (Wildman–Crippen MR) is 236 cm³/mol. The van der Waals surface area contributed by atoms with E-state index in [1.54, 1.807) is 0 Å². The van der Waals surface area contributed by atoms with Gasteiger partial charge in [-0.05, 0) is 87.1 Å². The van der Waals surface area contributed by atoms with E-state index in [9.17, 15) is 0 Å². The average Bonchev–Trinajstić information content (AvgIpc) is 3.95. The van der Waals surface area contributed by atoms with E-state index in [0.29, 0.717) is 0 Å². The first-order chi connectivity index (χ1) is 24.3. The first-order valence-corrected chi connectivity index (χ1v) is 21.5. The molecule has 0 atom stereocenters. The zero-order chi connectivity index (χ0) is 35.4. The minimum absolute atomic E-state index is 0. The van der Waals surface area contributed by atoms with Gasteiger partial charge in [0.05, 0.1) is 23.0 Å². The maximum absolute atomic E-state index is 5.83. The average molecular weight is 849 g/mol. The third kappa shape index (κ3) is 9.58. The summed E-state index contributed by atoms with van der Waals surface area (Å²) in [6.07, 6.45) is 2.07. The van der Waals surface area contributed by atoms with Gasteiger partial charge in [0.25, 0.3) is 0 Å². The van der Waals surface area contributed by atoms with Gasteiger partial charge in [-0.15, -0.1) is 82.8 Å². The molecule has 2 heterocycles. The van der Waals surface area contributed by atoms with Crippen LogP contribution in [0.1, 0.15) is 47.6 Å². The van der Waals surface area contributed by atoms with E-state index in [1.807, 2.05) is 26.0 Å². The molecule has 280 valence electrons. The molecule has 0 amide bonds. The number of furan rings is 2. The van der Waals surface area contributed by atoms with E-state index in [-0.39, 0.29) is 39.7 Å². The van der Waals surface area contributed by atoms with Crippen LogP contribution >= 0.6 is 24.8 Å². The van der Waals surface area contributed by atoms with Crippen molar-refractivity contribution >= 4 is 53.2 Å². The Balaban J connectivity index is 0.000000334. The molecule has 54 heavy (non-hydrogen) atoms. The van der Waals surface area contributed by atoms with Crippen LogP contribution < -0.4 is 0 Å². The van der Waals surface area contributed by atoms with Crippen molar-refractivity contribution in [1.29, 1.82) is 0 Å². The molecule has 0 bridgehead atoms. The van der Waals surface area contributed by atoms with Crippen LogP contribution in [0.2, 0.25) is 0 Å². The van der Waals surface area contributed by atoms with Crippen LogP contribution in [0.15, 0.2) is 130 Å². The molecule has 0 fully saturated rings. The SMILES string of the molecule is CCc1c(C)cc2[cH-]c(-c3ccc(C)o3)cc2c1-c1ccccc1.CCc1c(C)cc2[cH-]c(-c3ccc(C)o3)cc2c1-c1ccccc1.Cl.Cl.[CH3-].[CH3-].[Si]=[Zr]. The van der Waals surface area contributed by atoms with Gasteiger partial charge in [-0.1, -0.05) is 108 Å². The van der Waals surface area contributed by atoms with Crippen molar-refractivity contribution in [2.75, 3.05) is 0 Å². The van der Waals surface area contributed by atoms with Gasteiger partial charge in [0.2, 0.25) is 0 Å². The van der Waals surface area contributed by atoms with E-state index in [1.165, 1.54) is 89.4 Å². The van der Waals surface area contributed by atoms with Gasteiger partial charge in [-0.3, -0.25) is 0 Å². The first-order valence-electron chi connectivity index (χ1n) is 17.3. The Morgan fingerprint density at radius 2 is 0.870 bits per heavy atom. The Hall–Kier alpha value is -3.66. The van der Waals surface area contributed by atoms with Crippen LogP contribution in [0.3, 0.4) is 0 Å². The summed E-state index contributed by atoms with van der Waals surface area (Å²) in [5, 5.41) is 5.20. The third-order valence-corrected chi connectivity index (χ3v) is 9.56. The number of fused-ring (bicyclic) bond motifs is 2. The van der Waals surface area contributed by atoms with Crippen molar-refractivity contribution in [2.24, 2.45) is 0 Å². The molecule has 2 radical (unpaired) electrons. The molecule has 6 aromatic carbocycles. The Morgan fingerprint density at radius 3 is 1.17 bits per heavy atom. The van der Waals surface area contributed by atoms with Gasteiger partial charge in [0, 0.05) is 0 Å². The van der Waals surface area contributed by atoms with Gasteiger partial charge < -0.3 is 23.7 Å². The Bertz CT molecular complexity index is 2210. The van der Waals surface area contributed by atoms with E-state index in [0.717, 1.165) is 47.0 Å². The number of hydrogen-bond acceptors (Lipinski definition) is 2. The van der Waals surface area contributed by atoms with Crippen LogP contribution in [-0.4, -0.2) is 6.88 Å². The Kier molecular flexibility index (Phi) is 18.0. The van der Waals surface area contributed by atoms with E-state index < -0.39 is 0 Å². The molecule has 0 aliphatic carbocycles. The van der Waals surface area contributed by atoms with Gasteiger partial charge in [-0.2, -0.15) is 0 Å². The fourth-order valence-electron chi connectivity index (χ4n) is 7.33. The second-order valence-corrected chi connectivity index (χ2v) is 12.8. The summed E-state index contributed by atoms with van der Waals surface area (Å²) in [4.78, 5) is 0. The van der Waals surface area contributed by atoms with E-state index in [2.05, 4.69) is 144 Å². The van der Waals surface area contributed by atoms with Crippen molar-refractivity contribution in [1.82, 2.24) is 0 Å². The Labute approximate surface area is 352 Å². The van der Waals surface area contributed by atoms with Crippen molar-refractivity contribution in [2.45, 2.75) is 54.4 Å². The van der Waals surface area contributed by atoms with Crippen molar-refractivity contribution in [3.63, 3.8) is 0 Å². The first kappa shape index (κ1) is 46.5. The molecule has 0 spiro atoms. The summed E-state index contributed by atoms with van der Waals surface area (Å²) in [6, 6.07) is 43.2. The molecular formula is C48H50Cl2O2SiZr-4. The molecule has 8 aromatic rings. The monoisotopic (exact) mass is 846 g/mol. The van der Waals surface area contributed by atoms with Crippen LogP contribution in [0.4, 0.5) is 0 Å². The second kappa shape index (κ2) is 20.9. The van der Waals surface area contributed by atoms with Crippen LogP contribution in [0, 0.1) is 42.5 Å². The van der Waals surface area contributed by atoms with Gasteiger partial charge in [-0.25, -0.2) is 0 Å². The fraction of sp³-hybridized carbons (Fsp3) is 0.167. The molecule has 0 saturated carbocycles. The molecule has 0 aliphatic rings. The van der Waals surface area contributed by atoms with Gasteiger partial charge in [0.15, 0.2) is 0 Å². The molecular weight excluding hydrogens is 799 g/mol. The van der Waals surface area contributed by atoms with Crippen LogP contribution in [-0.2, 0) is 36.2 Å². The number of rotatable bonds is 6. The van der Waals surface area contributed by atoms with E-state index in [4.69, 9.17) is 8.83 Å². The molecule has 0 unspecified atom stereocenters. The molecule has 0 aliphatic heterocycles. The standard InChI is InChI=1S/2C23H21O.2CH3.2ClH.Si.Zr/c2*1-4-20-15(2)12-18-13-19(22-11-10-16(3)24-22)14-21(18)23(20)17-8-6-5-7-9-17;;;;;;/h2*5-14H,4H2,1-3H3;2*1H3;2*1H;;/q4*-1;;;;. The van der Waals surface area contributed by atoms with E-state index >= 15 is 0 Å². The molecule has 6 heteroatoms. The van der Waals surface area contributed by atoms with Crippen molar-refractivity contribution in [3.8, 4) is 44.9 Å². The topological polar surface area (TPSA) is 26.3 Å². The number of halogens is 2. The summed E-state index contributed by atoms with van der Waals surface area (Å²) in [7, 11) is 0. The van der Waals surface area contributed by atoms with Gasteiger partial charge in [0.1, 0.15) is 0 Å².